The van der Waals surface area contributed by atoms with Crippen LogP contribution in [0.15, 0.2) is 120 Å². The fraction of sp³-hybridized carbons (Fsp3) is 0.130. The van der Waals surface area contributed by atoms with E-state index in [1.807, 2.05) is 36.5 Å². The van der Waals surface area contributed by atoms with Crippen molar-refractivity contribution < 1.29 is 0 Å². The first-order valence-corrected chi connectivity index (χ1v) is 8.11. The van der Waals surface area contributed by atoms with Crippen LogP contribution in [-0.4, -0.2) is 19.0 Å². The molecule has 0 unspecified atom stereocenters. The maximum atomic E-state index is 4.43. The quantitative estimate of drug-likeness (QED) is 0.321. The Labute approximate surface area is 152 Å². The molecule has 0 aromatic heterocycles. The fourth-order valence-electron chi connectivity index (χ4n) is 2.02. The molecule has 0 aliphatic rings. The summed E-state index contributed by atoms with van der Waals surface area (Å²) in [4.78, 5) is 8.53. The third kappa shape index (κ3) is 9.01. The molecule has 0 aliphatic carbocycles. The SMILES string of the molecule is C=C\C=C/C(/C=C/C=C(\CC)C(=NC)/C(C=NC=C)=C/C=C)=C\C=C. The van der Waals surface area contributed by atoms with E-state index in [1.54, 1.807) is 31.5 Å². The number of nitrogens with zero attached hydrogens (tertiary/aromatic N) is 2. The molecular formula is C23H28N2. The largest absolute Gasteiger partial charge is 0.288 e. The van der Waals surface area contributed by atoms with Crippen LogP contribution >= 0.6 is 0 Å². The van der Waals surface area contributed by atoms with Crippen molar-refractivity contribution in [2.75, 3.05) is 7.05 Å². The molecule has 0 aromatic carbocycles. The molecule has 0 rings (SSSR count). The molecular weight excluding hydrogens is 304 g/mol. The van der Waals surface area contributed by atoms with E-state index in [-0.39, 0.29) is 0 Å². The summed E-state index contributed by atoms with van der Waals surface area (Å²) in [6, 6.07) is 0. The molecule has 0 spiro atoms. The number of allylic oxidation sites excluding steroid dienone is 13. The maximum Gasteiger partial charge on any atom is 0.0690 e. The van der Waals surface area contributed by atoms with Crippen LogP contribution in [-0.2, 0) is 0 Å². The Kier molecular flexibility index (Phi) is 12.8. The van der Waals surface area contributed by atoms with Crippen LogP contribution in [0.5, 0.6) is 0 Å². The predicted octanol–water partition coefficient (Wildman–Crippen LogP) is 6.13. The van der Waals surface area contributed by atoms with Gasteiger partial charge in [-0.05, 0) is 17.6 Å². The molecule has 0 saturated carbocycles. The van der Waals surface area contributed by atoms with Crippen LogP contribution in [0.2, 0.25) is 0 Å². The first kappa shape index (κ1) is 22.0. The Morgan fingerprint density at radius 1 is 0.880 bits per heavy atom. The lowest BCUT2D eigenvalue weighted by atomic mass is 9.99. The average Bonchev–Trinajstić information content (AvgIpc) is 2.62. The highest BCUT2D eigenvalue weighted by Gasteiger charge is 2.07. The van der Waals surface area contributed by atoms with Gasteiger partial charge in [-0.25, -0.2) is 0 Å². The molecule has 2 nitrogen and oxygen atoms in total. The van der Waals surface area contributed by atoms with Crippen molar-refractivity contribution in [2.45, 2.75) is 13.3 Å². The van der Waals surface area contributed by atoms with E-state index in [0.717, 1.165) is 28.9 Å². The van der Waals surface area contributed by atoms with Gasteiger partial charge in [-0.3, -0.25) is 9.98 Å². The van der Waals surface area contributed by atoms with E-state index in [1.165, 1.54) is 6.20 Å². The molecule has 0 N–H and O–H groups in total. The zero-order chi connectivity index (χ0) is 18.9. The van der Waals surface area contributed by atoms with Crippen molar-refractivity contribution >= 4 is 11.9 Å². The van der Waals surface area contributed by atoms with Gasteiger partial charge in [0.2, 0.25) is 0 Å². The highest BCUT2D eigenvalue weighted by Crippen LogP contribution is 2.12. The standard InChI is InChI=1S/C23H28N2/c1-7-12-16-20(14-8-2)17-13-18-21(10-4)23(24-6)22(15-9-3)19-25-11-5/h7-9,11-19H,1-3,5,10H2,4,6H3/b16-12-,17-13+,20-14+,21-18+,22-15+,24-23?,25-19?. The van der Waals surface area contributed by atoms with Crippen molar-refractivity contribution in [3.63, 3.8) is 0 Å². The topological polar surface area (TPSA) is 24.7 Å². The molecule has 0 fully saturated rings. The highest BCUT2D eigenvalue weighted by atomic mass is 14.7. The van der Waals surface area contributed by atoms with Crippen LogP contribution in [0, 0.1) is 0 Å². The van der Waals surface area contributed by atoms with E-state index >= 15 is 0 Å². The molecule has 130 valence electrons. The second-order valence-corrected chi connectivity index (χ2v) is 4.79. The minimum absolute atomic E-state index is 0.844. The van der Waals surface area contributed by atoms with Gasteiger partial charge >= 0.3 is 0 Å². The zero-order valence-electron chi connectivity index (χ0n) is 15.4. The van der Waals surface area contributed by atoms with E-state index in [4.69, 9.17) is 0 Å². The van der Waals surface area contributed by atoms with Gasteiger partial charge in [-0.1, -0.05) is 94.0 Å². The maximum absolute atomic E-state index is 4.43. The van der Waals surface area contributed by atoms with Crippen LogP contribution < -0.4 is 0 Å². The predicted molar refractivity (Wildman–Crippen MR) is 115 cm³/mol. The molecule has 0 heterocycles. The van der Waals surface area contributed by atoms with Crippen LogP contribution in [0.3, 0.4) is 0 Å². The average molecular weight is 332 g/mol. The summed E-state index contributed by atoms with van der Waals surface area (Å²) < 4.78 is 0. The lowest BCUT2D eigenvalue weighted by molar-refractivity contribution is 1.16. The number of rotatable bonds is 11. The Balaban J connectivity index is 5.71. The van der Waals surface area contributed by atoms with Gasteiger partial charge in [-0.15, -0.1) is 0 Å². The van der Waals surface area contributed by atoms with Gasteiger partial charge in [0.25, 0.3) is 0 Å². The summed E-state index contributed by atoms with van der Waals surface area (Å²) >= 11 is 0. The van der Waals surface area contributed by atoms with Crippen molar-refractivity contribution in [1.82, 2.24) is 0 Å². The monoisotopic (exact) mass is 332 g/mol. The Hall–Kier alpha value is -3.00. The summed E-state index contributed by atoms with van der Waals surface area (Å²) in [6.07, 6.45) is 23.1. The van der Waals surface area contributed by atoms with Gasteiger partial charge in [0.15, 0.2) is 0 Å². The van der Waals surface area contributed by atoms with Gasteiger partial charge in [0.05, 0.1) is 5.71 Å². The normalized spacial score (nSPS) is 14.5. The molecule has 0 amide bonds. The lowest BCUT2D eigenvalue weighted by Gasteiger charge is -2.09. The Morgan fingerprint density at radius 3 is 2.08 bits per heavy atom. The van der Waals surface area contributed by atoms with Gasteiger partial charge in [-0.2, -0.15) is 0 Å². The molecule has 0 bridgehead atoms. The number of hydrogen-bond donors (Lipinski definition) is 0. The summed E-state index contributed by atoms with van der Waals surface area (Å²) in [6.45, 7) is 16.9. The number of aliphatic imine (C=N–C) groups is 2. The summed E-state index contributed by atoms with van der Waals surface area (Å²) in [5.74, 6) is 0. The summed E-state index contributed by atoms with van der Waals surface area (Å²) in [5, 5.41) is 0. The molecule has 0 radical (unpaired) electrons. The third-order valence-corrected chi connectivity index (χ3v) is 3.12. The van der Waals surface area contributed by atoms with Crippen molar-refractivity contribution in [3.05, 3.63) is 110 Å². The second kappa shape index (κ2) is 14.6. The van der Waals surface area contributed by atoms with Crippen molar-refractivity contribution in [2.24, 2.45) is 9.98 Å². The molecule has 0 saturated heterocycles. The van der Waals surface area contributed by atoms with Gasteiger partial charge in [0, 0.05) is 25.0 Å². The van der Waals surface area contributed by atoms with Crippen LogP contribution in [0.25, 0.3) is 0 Å². The van der Waals surface area contributed by atoms with E-state index in [2.05, 4.69) is 49.3 Å². The third-order valence-electron chi connectivity index (χ3n) is 3.12. The Bertz CT molecular complexity index is 675. The van der Waals surface area contributed by atoms with E-state index in [9.17, 15) is 0 Å². The molecule has 0 atom stereocenters. The van der Waals surface area contributed by atoms with Gasteiger partial charge in [0.1, 0.15) is 0 Å². The van der Waals surface area contributed by atoms with Crippen LogP contribution in [0.4, 0.5) is 0 Å². The zero-order valence-corrected chi connectivity index (χ0v) is 15.4. The van der Waals surface area contributed by atoms with Crippen LogP contribution in [0.1, 0.15) is 13.3 Å². The summed E-state index contributed by atoms with van der Waals surface area (Å²) in [7, 11) is 1.77. The van der Waals surface area contributed by atoms with E-state index in [0.29, 0.717) is 0 Å². The minimum Gasteiger partial charge on any atom is -0.288 e. The fourth-order valence-corrected chi connectivity index (χ4v) is 2.02. The minimum atomic E-state index is 0.844. The first-order chi connectivity index (χ1) is 12.2. The van der Waals surface area contributed by atoms with Gasteiger partial charge < -0.3 is 0 Å². The lowest BCUT2D eigenvalue weighted by Crippen LogP contribution is -2.07. The highest BCUT2D eigenvalue weighted by molar-refractivity contribution is 6.24. The molecule has 0 aromatic rings. The first-order valence-electron chi connectivity index (χ1n) is 8.11. The summed E-state index contributed by atoms with van der Waals surface area (Å²) in [5.41, 5.74) is 3.92. The van der Waals surface area contributed by atoms with Crippen molar-refractivity contribution in [1.29, 1.82) is 0 Å². The molecule has 25 heavy (non-hydrogen) atoms. The Morgan fingerprint density at radius 2 is 1.56 bits per heavy atom. The number of hydrogen-bond acceptors (Lipinski definition) is 2. The molecule has 2 heteroatoms. The van der Waals surface area contributed by atoms with E-state index < -0.39 is 0 Å². The van der Waals surface area contributed by atoms with Crippen molar-refractivity contribution in [3.8, 4) is 0 Å². The molecule has 0 aliphatic heterocycles. The smallest absolute Gasteiger partial charge is 0.0690 e. The second-order valence-electron chi connectivity index (χ2n) is 4.79.